The first-order valence-electron chi connectivity index (χ1n) is 8.62. The third-order valence-corrected chi connectivity index (χ3v) is 8.46. The van der Waals surface area contributed by atoms with Crippen LogP contribution in [0.5, 0.6) is 0 Å². The van der Waals surface area contributed by atoms with Gasteiger partial charge in [0, 0.05) is 22.3 Å². The number of hydrogen-bond acceptors (Lipinski definition) is 4. The fourth-order valence-electron chi connectivity index (χ4n) is 3.56. The van der Waals surface area contributed by atoms with Crippen molar-refractivity contribution in [2.24, 2.45) is 9.16 Å². The highest BCUT2D eigenvalue weighted by Gasteiger charge is 2.30. The number of hydrogen-bond donors (Lipinski definition) is 0. The summed E-state index contributed by atoms with van der Waals surface area (Å²) < 4.78 is 6.89. The SMILES string of the molecule is Cc1c(C)c2c(C)c(C)c1C[S+](N=O)Cc1ccc(cc1)C[S+](N=O)C2. The van der Waals surface area contributed by atoms with Crippen molar-refractivity contribution in [1.29, 1.82) is 0 Å². The van der Waals surface area contributed by atoms with Gasteiger partial charge in [-0.25, -0.2) is 0 Å². The summed E-state index contributed by atoms with van der Waals surface area (Å²) in [5.74, 6) is 2.70. The summed E-state index contributed by atoms with van der Waals surface area (Å²) in [7, 11) is 0. The Morgan fingerprint density at radius 1 is 0.615 bits per heavy atom. The van der Waals surface area contributed by atoms with Crippen LogP contribution in [0, 0.1) is 37.5 Å². The van der Waals surface area contributed by atoms with Gasteiger partial charge in [0.25, 0.3) is 0 Å². The van der Waals surface area contributed by atoms with E-state index in [1.54, 1.807) is 0 Å². The largest absolute Gasteiger partial charge is 0.182 e. The Labute approximate surface area is 160 Å². The molecule has 0 fully saturated rings. The molecule has 136 valence electrons. The maximum atomic E-state index is 11.5. The molecule has 0 aliphatic carbocycles. The maximum absolute atomic E-state index is 11.5. The molecule has 4 aliphatic rings. The molecule has 0 N–H and O–H groups in total. The summed E-state index contributed by atoms with van der Waals surface area (Å²) in [5.41, 5.74) is 9.61. The molecule has 4 aliphatic heterocycles. The molecule has 0 saturated carbocycles. The van der Waals surface area contributed by atoms with E-state index in [1.165, 1.54) is 33.4 Å². The molecule has 0 radical (unpaired) electrons. The van der Waals surface area contributed by atoms with E-state index in [2.05, 4.69) is 61.1 Å². The van der Waals surface area contributed by atoms with Gasteiger partial charge in [0.15, 0.2) is 54.3 Å². The Bertz CT molecular complexity index is 751. The predicted octanol–water partition coefficient (Wildman–Crippen LogP) is 5.23. The molecule has 0 amide bonds. The van der Waals surface area contributed by atoms with Gasteiger partial charge in [0.2, 0.25) is 0 Å². The molecular formula is C20H24N2O2S2+2. The van der Waals surface area contributed by atoms with E-state index < -0.39 is 22.2 Å². The van der Waals surface area contributed by atoms with Crippen LogP contribution in [-0.2, 0) is 45.2 Å². The number of nitrogens with zero attached hydrogens (tertiary/aromatic N) is 2. The zero-order valence-corrected chi connectivity index (χ0v) is 17.3. The molecule has 26 heavy (non-hydrogen) atoms. The van der Waals surface area contributed by atoms with E-state index in [4.69, 9.17) is 0 Å². The van der Waals surface area contributed by atoms with Crippen molar-refractivity contribution in [1.82, 2.24) is 0 Å². The van der Waals surface area contributed by atoms with Gasteiger partial charge in [0.1, 0.15) is 0 Å². The van der Waals surface area contributed by atoms with Gasteiger partial charge in [-0.1, -0.05) is 34.1 Å². The topological polar surface area (TPSA) is 58.9 Å². The molecule has 0 saturated heterocycles. The standard InChI is InChI=1S/C20H24N2O2S2/c1-13-14(2)20-12-26(22-24)10-18-7-5-17(6-8-18)9-25(21-23)11-19(13)15(3)16(20)4/h5-8H,9-12H2,1-4H3/q+2. The van der Waals surface area contributed by atoms with Gasteiger partial charge >= 0.3 is 0 Å². The van der Waals surface area contributed by atoms with Crippen molar-refractivity contribution < 1.29 is 0 Å². The predicted molar refractivity (Wildman–Crippen MR) is 113 cm³/mol. The zero-order valence-electron chi connectivity index (χ0n) is 15.7. The van der Waals surface area contributed by atoms with Crippen LogP contribution in [0.2, 0.25) is 0 Å². The van der Waals surface area contributed by atoms with Gasteiger partial charge in [-0.3, -0.25) is 0 Å². The first-order valence-corrected chi connectivity index (χ1v) is 11.7. The molecule has 0 spiro atoms. The molecule has 0 aromatic heterocycles. The molecule has 4 nitrogen and oxygen atoms in total. The fraction of sp³-hybridized carbons (Fsp3) is 0.400. The molecule has 2 aromatic rings. The minimum atomic E-state index is -0.574. The van der Waals surface area contributed by atoms with Crippen molar-refractivity contribution in [3.63, 3.8) is 0 Å². The van der Waals surface area contributed by atoms with Gasteiger partial charge in [-0.2, -0.15) is 0 Å². The van der Waals surface area contributed by atoms with E-state index in [0.717, 1.165) is 11.1 Å². The lowest BCUT2D eigenvalue weighted by molar-refractivity contribution is 1.10. The normalized spacial score (nSPS) is 20.0. The molecule has 6 rings (SSSR count). The van der Waals surface area contributed by atoms with Crippen LogP contribution in [0.25, 0.3) is 0 Å². The first kappa shape index (κ1) is 19.1. The molecule has 2 unspecified atom stereocenters. The molecule has 4 bridgehead atoms. The Morgan fingerprint density at radius 3 is 1.19 bits per heavy atom. The van der Waals surface area contributed by atoms with Crippen LogP contribution in [0.3, 0.4) is 0 Å². The Morgan fingerprint density at radius 2 is 0.923 bits per heavy atom. The van der Waals surface area contributed by atoms with Gasteiger partial charge in [-0.15, -0.1) is 0 Å². The van der Waals surface area contributed by atoms with Crippen molar-refractivity contribution in [3.05, 3.63) is 78.6 Å². The number of rotatable bonds is 2. The highest BCUT2D eigenvalue weighted by molar-refractivity contribution is 7.94. The minimum absolute atomic E-state index is 0.574. The monoisotopic (exact) mass is 388 g/mol. The van der Waals surface area contributed by atoms with Crippen molar-refractivity contribution in [3.8, 4) is 0 Å². The molecule has 2 atom stereocenters. The Kier molecular flexibility index (Phi) is 5.82. The lowest BCUT2D eigenvalue weighted by Crippen LogP contribution is -2.14. The second kappa shape index (κ2) is 7.92. The second-order valence-electron chi connectivity index (χ2n) is 6.92. The third-order valence-electron chi connectivity index (χ3n) is 5.46. The van der Waals surface area contributed by atoms with Crippen LogP contribution in [-0.4, -0.2) is 0 Å². The highest BCUT2D eigenvalue weighted by atomic mass is 32.2. The van der Waals surface area contributed by atoms with Crippen LogP contribution < -0.4 is 0 Å². The minimum Gasteiger partial charge on any atom is -0.0958 e. The second-order valence-corrected chi connectivity index (χ2v) is 10.2. The summed E-state index contributed by atoms with van der Waals surface area (Å²) >= 11 is -1.15. The summed E-state index contributed by atoms with van der Waals surface area (Å²) in [4.78, 5) is 23.0. The fourth-order valence-corrected chi connectivity index (χ4v) is 6.66. The van der Waals surface area contributed by atoms with Crippen LogP contribution >= 0.6 is 0 Å². The summed E-state index contributed by atoms with van der Waals surface area (Å²) in [5, 5.41) is 0. The van der Waals surface area contributed by atoms with Crippen LogP contribution in [0.1, 0.15) is 44.5 Å². The lowest BCUT2D eigenvalue weighted by atomic mass is 9.90. The van der Waals surface area contributed by atoms with Gasteiger partial charge < -0.3 is 0 Å². The van der Waals surface area contributed by atoms with Gasteiger partial charge in [-0.05, 0) is 49.9 Å². The smallest absolute Gasteiger partial charge is 0.0958 e. The Balaban J connectivity index is 2.16. The number of nitroso groups, excluding NO2 is 2. The summed E-state index contributed by atoms with van der Waals surface area (Å²) in [6.45, 7) is 8.50. The van der Waals surface area contributed by atoms with E-state index >= 15 is 0 Å². The molecule has 4 heterocycles. The zero-order chi connectivity index (χ0) is 18.8. The van der Waals surface area contributed by atoms with Crippen molar-refractivity contribution in [2.75, 3.05) is 0 Å². The first-order chi connectivity index (χ1) is 12.4. The average molecular weight is 389 g/mol. The molecule has 6 heteroatoms. The molecular weight excluding hydrogens is 364 g/mol. The van der Waals surface area contributed by atoms with Crippen LogP contribution in [0.4, 0.5) is 0 Å². The summed E-state index contributed by atoms with van der Waals surface area (Å²) in [6, 6.07) is 8.21. The third kappa shape index (κ3) is 3.71. The van der Waals surface area contributed by atoms with E-state index in [1.807, 2.05) is 0 Å². The molecule has 2 aromatic carbocycles. The van der Waals surface area contributed by atoms with E-state index in [9.17, 15) is 9.81 Å². The summed E-state index contributed by atoms with van der Waals surface area (Å²) in [6.07, 6.45) is 0. The maximum Gasteiger partial charge on any atom is 0.182 e. The van der Waals surface area contributed by atoms with Crippen molar-refractivity contribution >= 4 is 22.2 Å². The van der Waals surface area contributed by atoms with E-state index in [-0.39, 0.29) is 0 Å². The van der Waals surface area contributed by atoms with Gasteiger partial charge in [0.05, 0.1) is 0 Å². The van der Waals surface area contributed by atoms with Crippen LogP contribution in [0.15, 0.2) is 33.4 Å². The average Bonchev–Trinajstić information content (AvgIpc) is 2.65. The highest BCUT2D eigenvalue weighted by Crippen LogP contribution is 2.32. The lowest BCUT2D eigenvalue weighted by Gasteiger charge is -2.18. The quantitative estimate of drug-likeness (QED) is 0.522. The van der Waals surface area contributed by atoms with E-state index in [0.29, 0.717) is 23.0 Å². The Hall–Kier alpha value is -1.66. The number of benzene rings is 2. The van der Waals surface area contributed by atoms with Crippen molar-refractivity contribution in [2.45, 2.75) is 50.7 Å².